The molecule has 20 heavy (non-hydrogen) atoms. The minimum Gasteiger partial charge on any atom is -0.381 e. The first-order valence-corrected chi connectivity index (χ1v) is 8.17. The average Bonchev–Trinajstić information content (AvgIpc) is 2.97. The Morgan fingerprint density at radius 1 is 1.25 bits per heavy atom. The molecule has 1 aliphatic rings. The lowest BCUT2D eigenvalue weighted by molar-refractivity contribution is 0.0533. The summed E-state index contributed by atoms with van der Waals surface area (Å²) in [6.45, 7) is 0. The molecule has 2 atom stereocenters. The second-order valence-corrected chi connectivity index (χ2v) is 6.59. The minimum absolute atomic E-state index is 0.390. The Hall–Kier alpha value is -0.880. The standard InChI is InChI=1S/C16H19IN2O/c1-20-15-4-2-3-14(11-15)19-10-9-18-16(19)12-5-7-13(17)8-6-12/h5-10,14-15H,2-4,11H2,1H3. The molecule has 0 radical (unpaired) electrons. The van der Waals surface area contributed by atoms with Gasteiger partial charge in [-0.05, 0) is 60.4 Å². The van der Waals surface area contributed by atoms with Gasteiger partial charge in [-0.15, -0.1) is 0 Å². The molecule has 1 heterocycles. The van der Waals surface area contributed by atoms with Crippen LogP contribution in [0.4, 0.5) is 0 Å². The third kappa shape index (κ3) is 2.91. The molecular weight excluding hydrogens is 363 g/mol. The molecule has 0 spiro atoms. The molecule has 2 aromatic rings. The maximum absolute atomic E-state index is 5.55. The summed E-state index contributed by atoms with van der Waals surface area (Å²) in [4.78, 5) is 4.56. The lowest BCUT2D eigenvalue weighted by atomic mass is 9.92. The van der Waals surface area contributed by atoms with Crippen molar-refractivity contribution in [3.05, 3.63) is 40.2 Å². The summed E-state index contributed by atoms with van der Waals surface area (Å²) in [5, 5.41) is 0. The second kappa shape index (κ2) is 6.26. The van der Waals surface area contributed by atoms with Gasteiger partial charge in [0.25, 0.3) is 0 Å². The van der Waals surface area contributed by atoms with Crippen LogP contribution >= 0.6 is 22.6 Å². The molecule has 1 aromatic heterocycles. The van der Waals surface area contributed by atoms with E-state index >= 15 is 0 Å². The van der Waals surface area contributed by atoms with E-state index in [1.807, 2.05) is 13.3 Å². The van der Waals surface area contributed by atoms with Gasteiger partial charge in [0.05, 0.1) is 6.10 Å². The highest BCUT2D eigenvalue weighted by Crippen LogP contribution is 2.33. The number of halogens is 1. The Morgan fingerprint density at radius 2 is 2.05 bits per heavy atom. The number of methoxy groups -OCH3 is 1. The highest BCUT2D eigenvalue weighted by atomic mass is 127. The number of rotatable bonds is 3. The summed E-state index contributed by atoms with van der Waals surface area (Å²) in [6.07, 6.45) is 9.12. The minimum atomic E-state index is 0.390. The maximum Gasteiger partial charge on any atom is 0.140 e. The number of imidazole rings is 1. The number of benzene rings is 1. The van der Waals surface area contributed by atoms with Crippen LogP contribution in [0.1, 0.15) is 31.7 Å². The molecule has 3 nitrogen and oxygen atoms in total. The summed E-state index contributed by atoms with van der Waals surface area (Å²) in [6, 6.07) is 9.07. The van der Waals surface area contributed by atoms with Gasteiger partial charge in [-0.1, -0.05) is 12.1 Å². The quantitative estimate of drug-likeness (QED) is 0.741. The highest BCUT2D eigenvalue weighted by molar-refractivity contribution is 14.1. The first-order chi connectivity index (χ1) is 9.78. The molecule has 1 saturated carbocycles. The van der Waals surface area contributed by atoms with E-state index in [9.17, 15) is 0 Å². The predicted octanol–water partition coefficient (Wildman–Crippen LogP) is 4.28. The van der Waals surface area contributed by atoms with Gasteiger partial charge in [-0.3, -0.25) is 0 Å². The van der Waals surface area contributed by atoms with Crippen molar-refractivity contribution in [1.82, 2.24) is 9.55 Å². The van der Waals surface area contributed by atoms with Gasteiger partial charge in [0.1, 0.15) is 5.82 Å². The molecule has 3 rings (SSSR count). The molecule has 0 N–H and O–H groups in total. The Kier molecular flexibility index (Phi) is 4.41. The van der Waals surface area contributed by atoms with Crippen LogP contribution < -0.4 is 0 Å². The van der Waals surface area contributed by atoms with Crippen LogP contribution in [0, 0.1) is 3.57 Å². The third-order valence-electron chi connectivity index (χ3n) is 4.10. The Bertz CT molecular complexity index is 564. The molecule has 0 saturated heterocycles. The van der Waals surface area contributed by atoms with Gasteiger partial charge in [0.15, 0.2) is 0 Å². The fourth-order valence-corrected chi connectivity index (χ4v) is 3.38. The maximum atomic E-state index is 5.55. The van der Waals surface area contributed by atoms with Crippen molar-refractivity contribution in [2.45, 2.75) is 37.8 Å². The fourth-order valence-electron chi connectivity index (χ4n) is 3.02. The lowest BCUT2D eigenvalue weighted by Crippen LogP contribution is -2.24. The van der Waals surface area contributed by atoms with Crippen LogP contribution in [0.3, 0.4) is 0 Å². The van der Waals surface area contributed by atoms with Gasteiger partial charge >= 0.3 is 0 Å². The zero-order valence-electron chi connectivity index (χ0n) is 11.6. The Balaban J connectivity index is 1.88. The molecule has 0 bridgehead atoms. The van der Waals surface area contributed by atoms with Crippen molar-refractivity contribution >= 4 is 22.6 Å². The number of hydrogen-bond acceptors (Lipinski definition) is 2. The number of aromatic nitrogens is 2. The topological polar surface area (TPSA) is 27.1 Å². The molecule has 0 amide bonds. The van der Waals surface area contributed by atoms with Crippen molar-refractivity contribution < 1.29 is 4.74 Å². The Morgan fingerprint density at radius 3 is 2.80 bits per heavy atom. The van der Waals surface area contributed by atoms with Gasteiger partial charge in [-0.2, -0.15) is 0 Å². The second-order valence-electron chi connectivity index (χ2n) is 5.34. The number of ether oxygens (including phenoxy) is 1. The van der Waals surface area contributed by atoms with E-state index in [0.29, 0.717) is 12.1 Å². The molecule has 0 aliphatic heterocycles. The van der Waals surface area contributed by atoms with Crippen LogP contribution in [0.2, 0.25) is 0 Å². The van der Waals surface area contributed by atoms with E-state index in [1.54, 1.807) is 0 Å². The summed E-state index contributed by atoms with van der Waals surface area (Å²) < 4.78 is 9.12. The fraction of sp³-hybridized carbons (Fsp3) is 0.438. The molecular formula is C16H19IN2O. The highest BCUT2D eigenvalue weighted by Gasteiger charge is 2.24. The monoisotopic (exact) mass is 382 g/mol. The summed E-state index contributed by atoms with van der Waals surface area (Å²) >= 11 is 2.33. The van der Waals surface area contributed by atoms with Crippen LogP contribution in [0.5, 0.6) is 0 Å². The molecule has 2 unspecified atom stereocenters. The number of hydrogen-bond donors (Lipinski definition) is 0. The van der Waals surface area contributed by atoms with E-state index in [4.69, 9.17) is 4.74 Å². The largest absolute Gasteiger partial charge is 0.381 e. The average molecular weight is 382 g/mol. The molecule has 1 fully saturated rings. The van der Waals surface area contributed by atoms with Gasteiger partial charge < -0.3 is 9.30 Å². The molecule has 1 aromatic carbocycles. The summed E-state index contributed by atoms with van der Waals surface area (Å²) in [7, 11) is 1.82. The van der Waals surface area contributed by atoms with E-state index in [1.165, 1.54) is 28.4 Å². The lowest BCUT2D eigenvalue weighted by Gasteiger charge is -2.30. The summed E-state index contributed by atoms with van der Waals surface area (Å²) in [5.41, 5.74) is 1.19. The van der Waals surface area contributed by atoms with E-state index in [0.717, 1.165) is 12.2 Å². The van der Waals surface area contributed by atoms with Crippen molar-refractivity contribution in [3.63, 3.8) is 0 Å². The zero-order chi connectivity index (χ0) is 13.9. The normalized spacial score (nSPS) is 22.9. The van der Waals surface area contributed by atoms with Crippen molar-refractivity contribution in [2.24, 2.45) is 0 Å². The Labute approximate surface area is 133 Å². The first kappa shape index (κ1) is 14.1. The molecule has 4 heteroatoms. The van der Waals surface area contributed by atoms with E-state index < -0.39 is 0 Å². The van der Waals surface area contributed by atoms with Gasteiger partial charge in [0, 0.05) is 34.7 Å². The van der Waals surface area contributed by atoms with Crippen LogP contribution in [-0.2, 0) is 4.74 Å². The van der Waals surface area contributed by atoms with Crippen LogP contribution in [0.15, 0.2) is 36.7 Å². The van der Waals surface area contributed by atoms with E-state index in [2.05, 4.69) is 62.6 Å². The molecule has 106 valence electrons. The predicted molar refractivity (Wildman–Crippen MR) is 88.7 cm³/mol. The van der Waals surface area contributed by atoms with Crippen molar-refractivity contribution in [3.8, 4) is 11.4 Å². The van der Waals surface area contributed by atoms with Crippen molar-refractivity contribution in [2.75, 3.05) is 7.11 Å². The van der Waals surface area contributed by atoms with Gasteiger partial charge in [-0.25, -0.2) is 4.98 Å². The SMILES string of the molecule is COC1CCCC(n2ccnc2-c2ccc(I)cc2)C1. The van der Waals surface area contributed by atoms with Gasteiger partial charge in [0.2, 0.25) is 0 Å². The molecule has 1 aliphatic carbocycles. The number of nitrogens with zero attached hydrogens (tertiary/aromatic N) is 2. The van der Waals surface area contributed by atoms with Crippen LogP contribution in [-0.4, -0.2) is 22.8 Å². The van der Waals surface area contributed by atoms with E-state index in [-0.39, 0.29) is 0 Å². The van der Waals surface area contributed by atoms with Crippen LogP contribution in [0.25, 0.3) is 11.4 Å². The third-order valence-corrected chi connectivity index (χ3v) is 4.82. The zero-order valence-corrected chi connectivity index (χ0v) is 13.8. The van der Waals surface area contributed by atoms with Crippen molar-refractivity contribution in [1.29, 1.82) is 0 Å². The summed E-state index contributed by atoms with van der Waals surface area (Å²) in [5.74, 6) is 1.07. The first-order valence-electron chi connectivity index (χ1n) is 7.09. The smallest absolute Gasteiger partial charge is 0.140 e.